The van der Waals surface area contributed by atoms with Crippen molar-refractivity contribution in [2.75, 3.05) is 43.1 Å². The number of aromatic nitrogens is 1. The maximum Gasteiger partial charge on any atom is 0.182 e. The van der Waals surface area contributed by atoms with Gasteiger partial charge in [-0.2, -0.15) is 4.37 Å². The van der Waals surface area contributed by atoms with Gasteiger partial charge in [-0.1, -0.05) is 0 Å². The summed E-state index contributed by atoms with van der Waals surface area (Å²) in [7, 11) is -3.32. The Bertz CT molecular complexity index is 584. The molecule has 106 valence electrons. The van der Waals surface area contributed by atoms with Gasteiger partial charge in [-0.05, 0) is 30.9 Å². The lowest BCUT2D eigenvalue weighted by atomic mass is 10.1. The van der Waals surface area contributed by atoms with E-state index in [4.69, 9.17) is 5.73 Å². The van der Waals surface area contributed by atoms with Gasteiger partial charge in [0.25, 0.3) is 0 Å². The fourth-order valence-electron chi connectivity index (χ4n) is 3.01. The molecular formula is C11H18N4O2S2. The van der Waals surface area contributed by atoms with Crippen molar-refractivity contribution in [1.82, 2.24) is 9.27 Å². The van der Waals surface area contributed by atoms with Crippen LogP contribution in [0.2, 0.25) is 0 Å². The normalized spacial score (nSPS) is 24.7. The summed E-state index contributed by atoms with van der Waals surface area (Å²) < 4.78 is 27.7. The Balaban J connectivity index is 1.91. The highest BCUT2D eigenvalue weighted by Crippen LogP contribution is 2.36. The minimum absolute atomic E-state index is 0.136. The van der Waals surface area contributed by atoms with E-state index in [1.807, 2.05) is 0 Å². The van der Waals surface area contributed by atoms with Gasteiger partial charge in [-0.15, -0.1) is 0 Å². The third kappa shape index (κ3) is 2.32. The van der Waals surface area contributed by atoms with Gasteiger partial charge in [-0.3, -0.25) is 4.90 Å². The number of fused-ring (bicyclic) bond motifs is 1. The molecule has 0 bridgehead atoms. The third-order valence-electron chi connectivity index (χ3n) is 3.90. The van der Waals surface area contributed by atoms with E-state index in [1.54, 1.807) is 0 Å². The molecule has 2 N–H and O–H groups in total. The van der Waals surface area contributed by atoms with Crippen molar-refractivity contribution in [3.63, 3.8) is 0 Å². The van der Waals surface area contributed by atoms with E-state index in [1.165, 1.54) is 37.2 Å². The van der Waals surface area contributed by atoms with E-state index in [0.29, 0.717) is 11.0 Å². The Morgan fingerprint density at radius 3 is 2.89 bits per heavy atom. The van der Waals surface area contributed by atoms with Crippen LogP contribution in [0.3, 0.4) is 0 Å². The van der Waals surface area contributed by atoms with Gasteiger partial charge in [0.1, 0.15) is 9.90 Å². The first kappa shape index (κ1) is 13.1. The number of anilines is 2. The predicted octanol–water partition coefficient (Wildman–Crippen LogP) is 0.413. The topological polar surface area (TPSA) is 79.5 Å². The van der Waals surface area contributed by atoms with Crippen molar-refractivity contribution in [1.29, 1.82) is 0 Å². The molecule has 0 spiro atoms. The lowest BCUT2D eigenvalue weighted by Crippen LogP contribution is -2.50. The number of nitrogen functional groups attached to an aromatic ring is 1. The van der Waals surface area contributed by atoms with E-state index in [0.717, 1.165) is 19.6 Å². The maximum absolute atomic E-state index is 11.9. The van der Waals surface area contributed by atoms with Gasteiger partial charge in [0.15, 0.2) is 15.7 Å². The standard InChI is InChI=1S/C11H18N4O2S2/c1-19(16,17)9-10(12)13-18-11(9)15-6-5-14-4-2-3-8(14)7-15/h8H,2-7H2,1H3,(H2,12,13). The SMILES string of the molecule is CS(=O)(=O)c1c(N)nsc1N1CCN2CCCC2C1. The summed E-state index contributed by atoms with van der Waals surface area (Å²) in [4.78, 5) is 4.83. The third-order valence-corrected chi connectivity index (χ3v) is 6.10. The van der Waals surface area contributed by atoms with Crippen molar-refractivity contribution < 1.29 is 8.42 Å². The number of rotatable bonds is 2. The summed E-state index contributed by atoms with van der Waals surface area (Å²) in [6, 6.07) is 0.546. The van der Waals surface area contributed by atoms with Crippen LogP contribution in [0.5, 0.6) is 0 Å². The number of hydrogen-bond donors (Lipinski definition) is 1. The Labute approximate surface area is 117 Å². The molecule has 6 nitrogen and oxygen atoms in total. The van der Waals surface area contributed by atoms with Crippen molar-refractivity contribution in [3.8, 4) is 0 Å². The van der Waals surface area contributed by atoms with Crippen molar-refractivity contribution in [2.24, 2.45) is 0 Å². The van der Waals surface area contributed by atoms with Crippen molar-refractivity contribution in [3.05, 3.63) is 0 Å². The highest BCUT2D eigenvalue weighted by molar-refractivity contribution is 7.91. The first-order valence-electron chi connectivity index (χ1n) is 6.41. The summed E-state index contributed by atoms with van der Waals surface area (Å²) in [5.74, 6) is 0.136. The number of hydrogen-bond acceptors (Lipinski definition) is 7. The molecule has 8 heteroatoms. The van der Waals surface area contributed by atoms with Gasteiger partial charge in [0, 0.05) is 31.9 Å². The maximum atomic E-state index is 11.9. The van der Waals surface area contributed by atoms with Crippen LogP contribution in [-0.4, -0.2) is 56.2 Å². The molecule has 2 aliphatic rings. The summed E-state index contributed by atoms with van der Waals surface area (Å²) in [6.45, 7) is 3.89. The number of piperazine rings is 1. The minimum atomic E-state index is -3.32. The Morgan fingerprint density at radius 1 is 1.37 bits per heavy atom. The van der Waals surface area contributed by atoms with Gasteiger partial charge in [-0.25, -0.2) is 8.42 Å². The van der Waals surface area contributed by atoms with Crippen LogP contribution in [0.1, 0.15) is 12.8 Å². The minimum Gasteiger partial charge on any atom is -0.382 e. The molecule has 0 aromatic carbocycles. The predicted molar refractivity (Wildman–Crippen MR) is 76.4 cm³/mol. The van der Waals surface area contributed by atoms with Crippen LogP contribution >= 0.6 is 11.5 Å². The average Bonchev–Trinajstić information content (AvgIpc) is 2.92. The molecule has 3 heterocycles. The Hall–Kier alpha value is -0.860. The van der Waals surface area contributed by atoms with Crippen LogP contribution in [0.4, 0.5) is 10.8 Å². The van der Waals surface area contributed by atoms with Crippen LogP contribution in [0, 0.1) is 0 Å². The fourth-order valence-corrected chi connectivity index (χ4v) is 5.25. The molecule has 0 saturated carbocycles. The molecule has 1 unspecified atom stereocenters. The first-order chi connectivity index (χ1) is 8.97. The van der Waals surface area contributed by atoms with Gasteiger partial charge in [0.2, 0.25) is 0 Å². The van der Waals surface area contributed by atoms with Crippen LogP contribution < -0.4 is 10.6 Å². The van der Waals surface area contributed by atoms with Crippen LogP contribution in [0.25, 0.3) is 0 Å². The van der Waals surface area contributed by atoms with E-state index < -0.39 is 9.84 Å². The molecule has 2 fully saturated rings. The second-order valence-electron chi connectivity index (χ2n) is 5.25. The largest absolute Gasteiger partial charge is 0.382 e. The van der Waals surface area contributed by atoms with Crippen LogP contribution in [-0.2, 0) is 9.84 Å². The molecule has 19 heavy (non-hydrogen) atoms. The zero-order chi connectivity index (χ0) is 13.6. The molecule has 1 atom stereocenters. The van der Waals surface area contributed by atoms with Crippen molar-refractivity contribution >= 4 is 32.2 Å². The summed E-state index contributed by atoms with van der Waals surface area (Å²) >= 11 is 1.20. The lowest BCUT2D eigenvalue weighted by Gasteiger charge is -2.38. The van der Waals surface area contributed by atoms with Crippen molar-refractivity contribution in [2.45, 2.75) is 23.8 Å². The zero-order valence-corrected chi connectivity index (χ0v) is 12.5. The smallest absolute Gasteiger partial charge is 0.182 e. The second kappa shape index (κ2) is 4.60. The van der Waals surface area contributed by atoms with E-state index in [2.05, 4.69) is 14.2 Å². The quantitative estimate of drug-likeness (QED) is 0.852. The Morgan fingerprint density at radius 2 is 2.16 bits per heavy atom. The van der Waals surface area contributed by atoms with Gasteiger partial charge in [0.05, 0.1) is 0 Å². The average molecular weight is 302 g/mol. The molecule has 1 aromatic rings. The molecule has 2 saturated heterocycles. The fraction of sp³-hybridized carbons (Fsp3) is 0.727. The van der Waals surface area contributed by atoms with Gasteiger partial charge >= 0.3 is 0 Å². The van der Waals surface area contributed by atoms with E-state index in [9.17, 15) is 8.42 Å². The summed E-state index contributed by atoms with van der Waals surface area (Å²) in [5.41, 5.74) is 5.72. The highest BCUT2D eigenvalue weighted by atomic mass is 32.2. The summed E-state index contributed by atoms with van der Waals surface area (Å²) in [5, 5.41) is 0.714. The molecule has 0 amide bonds. The monoisotopic (exact) mass is 302 g/mol. The second-order valence-corrected chi connectivity index (χ2v) is 7.96. The highest BCUT2D eigenvalue weighted by Gasteiger charge is 2.34. The lowest BCUT2D eigenvalue weighted by molar-refractivity contribution is 0.231. The van der Waals surface area contributed by atoms with E-state index >= 15 is 0 Å². The molecule has 1 aromatic heterocycles. The van der Waals surface area contributed by atoms with Gasteiger partial charge < -0.3 is 10.6 Å². The molecule has 0 aliphatic carbocycles. The Kier molecular flexibility index (Phi) is 3.18. The number of nitrogens with zero attached hydrogens (tertiary/aromatic N) is 3. The molecule has 2 aliphatic heterocycles. The number of sulfone groups is 1. The number of nitrogens with two attached hydrogens (primary N) is 1. The zero-order valence-electron chi connectivity index (χ0n) is 10.9. The van der Waals surface area contributed by atoms with E-state index in [-0.39, 0.29) is 10.7 Å². The molecule has 3 rings (SSSR count). The van der Waals surface area contributed by atoms with Crippen LogP contribution in [0.15, 0.2) is 4.90 Å². The molecular weight excluding hydrogens is 284 g/mol. The molecule has 0 radical (unpaired) electrons. The first-order valence-corrected chi connectivity index (χ1v) is 9.07. The summed E-state index contributed by atoms with van der Waals surface area (Å²) in [6.07, 6.45) is 3.63.